The van der Waals surface area contributed by atoms with Gasteiger partial charge in [-0.05, 0) is 36.2 Å². The number of ketones is 1. The van der Waals surface area contributed by atoms with Gasteiger partial charge in [0.05, 0.1) is 18.8 Å². The molecule has 11 heteroatoms. The topological polar surface area (TPSA) is 118 Å². The second kappa shape index (κ2) is 10.2. The van der Waals surface area contributed by atoms with Crippen molar-refractivity contribution < 1.29 is 26.7 Å². The fourth-order valence-electron chi connectivity index (χ4n) is 4.84. The van der Waals surface area contributed by atoms with Crippen molar-refractivity contribution in [2.24, 2.45) is 5.14 Å². The van der Waals surface area contributed by atoms with Gasteiger partial charge in [-0.15, -0.1) is 0 Å². The number of nitrogens with zero attached hydrogens (tertiary/aromatic N) is 2. The number of hydrogen-bond donors (Lipinski definition) is 2. The third kappa shape index (κ3) is 4.80. The molecule has 1 unspecified atom stereocenters. The number of fused-ring (bicyclic) bond motifs is 1. The van der Waals surface area contributed by atoms with E-state index in [0.29, 0.717) is 24.2 Å². The van der Waals surface area contributed by atoms with Crippen molar-refractivity contribution in [3.8, 4) is 11.1 Å². The third-order valence-electron chi connectivity index (χ3n) is 6.79. The first kappa shape index (κ1) is 26.0. The van der Waals surface area contributed by atoms with Crippen molar-refractivity contribution in [1.82, 2.24) is 9.97 Å². The zero-order chi connectivity index (χ0) is 27.0. The highest BCUT2D eigenvalue weighted by Crippen LogP contribution is 2.33. The van der Waals surface area contributed by atoms with E-state index in [1.54, 1.807) is 12.3 Å². The Morgan fingerprint density at radius 3 is 2.63 bits per heavy atom. The second-order valence-corrected chi connectivity index (χ2v) is 10.9. The molecule has 1 fully saturated rings. The molecule has 3 heterocycles. The standard InChI is InChI=1S/C27H26F2N4O4S/c1-2-23(38(30,35)36)19-6-7-22(28)24(25(19)29)26(34)21-15-32-27-20(21)13-17(14-31-27)16-4-3-5-18(12-16)33-8-10-37-11-9-33/h3-7,12-15,23H,2,8-11H2,1H3,(H,31,32)(H2,30,35,36). The summed E-state index contributed by atoms with van der Waals surface area (Å²) in [5, 5.41) is 4.23. The second-order valence-electron chi connectivity index (χ2n) is 9.11. The van der Waals surface area contributed by atoms with Crippen molar-refractivity contribution in [2.45, 2.75) is 18.6 Å². The third-order valence-corrected chi connectivity index (χ3v) is 8.17. The van der Waals surface area contributed by atoms with E-state index in [1.807, 2.05) is 24.3 Å². The molecule has 1 saturated heterocycles. The molecule has 0 amide bonds. The maximum absolute atomic E-state index is 15.5. The monoisotopic (exact) mass is 540 g/mol. The Morgan fingerprint density at radius 2 is 1.92 bits per heavy atom. The number of aromatic nitrogens is 2. The highest BCUT2D eigenvalue weighted by molar-refractivity contribution is 7.89. The molecule has 4 aromatic rings. The fourth-order valence-corrected chi connectivity index (χ4v) is 5.84. The number of benzene rings is 2. The van der Waals surface area contributed by atoms with Gasteiger partial charge in [-0.3, -0.25) is 4.79 Å². The molecule has 0 aliphatic carbocycles. The average molecular weight is 541 g/mol. The molecule has 3 N–H and O–H groups in total. The first-order valence-electron chi connectivity index (χ1n) is 12.1. The van der Waals surface area contributed by atoms with Crippen molar-refractivity contribution in [3.63, 3.8) is 0 Å². The quantitative estimate of drug-likeness (QED) is 0.337. The minimum atomic E-state index is -4.18. The number of aromatic amines is 1. The Hall–Kier alpha value is -3.67. The van der Waals surface area contributed by atoms with Crippen LogP contribution in [0.25, 0.3) is 22.2 Å². The summed E-state index contributed by atoms with van der Waals surface area (Å²) in [6.07, 6.45) is 2.96. The number of primary sulfonamides is 1. The maximum atomic E-state index is 15.5. The summed E-state index contributed by atoms with van der Waals surface area (Å²) < 4.78 is 59.7. The van der Waals surface area contributed by atoms with Gasteiger partial charge < -0.3 is 14.6 Å². The Morgan fingerprint density at radius 1 is 1.16 bits per heavy atom. The molecule has 0 bridgehead atoms. The molecule has 0 radical (unpaired) electrons. The number of ether oxygens (including phenoxy) is 1. The van der Waals surface area contributed by atoms with Gasteiger partial charge in [-0.2, -0.15) is 0 Å². The zero-order valence-electron chi connectivity index (χ0n) is 20.6. The number of carbonyl (C=O) groups excluding carboxylic acids is 1. The van der Waals surface area contributed by atoms with Crippen LogP contribution < -0.4 is 10.0 Å². The number of pyridine rings is 1. The van der Waals surface area contributed by atoms with E-state index >= 15 is 4.39 Å². The van der Waals surface area contributed by atoms with Crippen LogP contribution in [0.15, 0.2) is 54.9 Å². The van der Waals surface area contributed by atoms with Crippen molar-refractivity contribution in [3.05, 3.63) is 83.2 Å². The first-order valence-corrected chi connectivity index (χ1v) is 13.7. The number of sulfonamides is 1. The first-order chi connectivity index (χ1) is 18.2. The smallest absolute Gasteiger partial charge is 0.216 e. The fraction of sp³-hybridized carbons (Fsp3) is 0.259. The Kier molecular flexibility index (Phi) is 6.99. The van der Waals surface area contributed by atoms with Gasteiger partial charge in [0.25, 0.3) is 0 Å². The van der Waals surface area contributed by atoms with Crippen molar-refractivity contribution in [1.29, 1.82) is 0 Å². The number of halogens is 2. The van der Waals surface area contributed by atoms with Crippen LogP contribution in [0.4, 0.5) is 14.5 Å². The lowest BCUT2D eigenvalue weighted by molar-refractivity contribution is 0.103. The maximum Gasteiger partial charge on any atom is 0.216 e. The number of carbonyl (C=O) groups is 1. The lowest BCUT2D eigenvalue weighted by atomic mass is 9.97. The van der Waals surface area contributed by atoms with E-state index in [-0.39, 0.29) is 17.5 Å². The predicted molar refractivity (Wildman–Crippen MR) is 140 cm³/mol. The molecule has 38 heavy (non-hydrogen) atoms. The van der Waals surface area contributed by atoms with E-state index in [0.717, 1.165) is 42.0 Å². The van der Waals surface area contributed by atoms with Gasteiger partial charge in [-0.1, -0.05) is 25.1 Å². The Bertz CT molecular complexity index is 1630. The van der Waals surface area contributed by atoms with Crippen LogP contribution in [-0.4, -0.2) is 50.5 Å². The minimum Gasteiger partial charge on any atom is -0.378 e. The number of rotatable bonds is 7. The summed E-state index contributed by atoms with van der Waals surface area (Å²) in [7, 11) is -4.18. The van der Waals surface area contributed by atoms with E-state index in [9.17, 15) is 17.6 Å². The molecule has 5 rings (SSSR count). The molecule has 1 aliphatic heterocycles. The summed E-state index contributed by atoms with van der Waals surface area (Å²) in [6, 6.07) is 11.5. The van der Waals surface area contributed by atoms with E-state index < -0.39 is 38.3 Å². The van der Waals surface area contributed by atoms with Crippen LogP contribution in [0, 0.1) is 11.6 Å². The van der Waals surface area contributed by atoms with Gasteiger partial charge in [-0.25, -0.2) is 27.3 Å². The SMILES string of the molecule is CCC(c1ccc(F)c(C(=O)c2c[nH]c3ncc(-c4cccc(N5CCOCC5)c4)cc23)c1F)S(N)(=O)=O. The Labute approximate surface area is 218 Å². The van der Waals surface area contributed by atoms with Gasteiger partial charge in [0, 0.05) is 53.2 Å². The van der Waals surface area contributed by atoms with Crippen LogP contribution in [-0.2, 0) is 14.8 Å². The molecule has 1 atom stereocenters. The Balaban J connectivity index is 1.56. The van der Waals surface area contributed by atoms with Crippen LogP contribution in [0.3, 0.4) is 0 Å². The highest BCUT2D eigenvalue weighted by atomic mass is 32.2. The highest BCUT2D eigenvalue weighted by Gasteiger charge is 2.30. The number of hydrogen-bond acceptors (Lipinski definition) is 6. The summed E-state index contributed by atoms with van der Waals surface area (Å²) >= 11 is 0. The average Bonchev–Trinajstić information content (AvgIpc) is 3.33. The molecular weight excluding hydrogens is 514 g/mol. The van der Waals surface area contributed by atoms with Gasteiger partial charge in [0.2, 0.25) is 15.8 Å². The zero-order valence-corrected chi connectivity index (χ0v) is 21.4. The molecule has 2 aromatic carbocycles. The number of morpholine rings is 1. The summed E-state index contributed by atoms with van der Waals surface area (Å²) in [5.74, 6) is -3.27. The van der Waals surface area contributed by atoms with Crippen LogP contribution in [0.5, 0.6) is 0 Å². The normalized spacial score (nSPS) is 15.1. The minimum absolute atomic E-state index is 0.0114. The largest absolute Gasteiger partial charge is 0.378 e. The van der Waals surface area contributed by atoms with Gasteiger partial charge in [0.15, 0.2) is 0 Å². The predicted octanol–water partition coefficient (Wildman–Crippen LogP) is 4.32. The van der Waals surface area contributed by atoms with Gasteiger partial charge >= 0.3 is 0 Å². The number of nitrogens with two attached hydrogens (primary N) is 1. The lowest BCUT2D eigenvalue weighted by Crippen LogP contribution is -2.36. The summed E-state index contributed by atoms with van der Waals surface area (Å²) in [4.78, 5) is 23.0. The van der Waals surface area contributed by atoms with Crippen LogP contribution in [0.1, 0.15) is 40.1 Å². The van der Waals surface area contributed by atoms with E-state index in [4.69, 9.17) is 9.88 Å². The number of H-pyrrole nitrogens is 1. The molecule has 198 valence electrons. The number of anilines is 1. The van der Waals surface area contributed by atoms with Crippen molar-refractivity contribution in [2.75, 3.05) is 31.2 Å². The molecule has 2 aromatic heterocycles. The van der Waals surface area contributed by atoms with E-state index in [2.05, 4.69) is 14.9 Å². The molecule has 0 spiro atoms. The lowest BCUT2D eigenvalue weighted by Gasteiger charge is -2.29. The van der Waals surface area contributed by atoms with E-state index in [1.165, 1.54) is 13.1 Å². The summed E-state index contributed by atoms with van der Waals surface area (Å²) in [6.45, 7) is 4.37. The number of nitrogens with one attached hydrogen (secondary N) is 1. The van der Waals surface area contributed by atoms with Crippen molar-refractivity contribution >= 4 is 32.5 Å². The molecular formula is C27H26F2N4O4S. The van der Waals surface area contributed by atoms with Crippen LogP contribution in [0.2, 0.25) is 0 Å². The molecule has 1 aliphatic rings. The molecule has 8 nitrogen and oxygen atoms in total. The van der Waals surface area contributed by atoms with Crippen LogP contribution >= 0.6 is 0 Å². The molecule has 0 saturated carbocycles. The van der Waals surface area contributed by atoms with Gasteiger partial charge in [0.1, 0.15) is 22.5 Å². The summed E-state index contributed by atoms with van der Waals surface area (Å²) in [5.41, 5.74) is 1.80.